The van der Waals surface area contributed by atoms with E-state index in [1.807, 2.05) is 54.6 Å². The number of thiazole rings is 1. The van der Waals surface area contributed by atoms with E-state index in [2.05, 4.69) is 22.1 Å². The maximum atomic E-state index is 6.13. The zero-order valence-corrected chi connectivity index (χ0v) is 14.9. The molecular weight excluding hydrogens is 342 g/mol. The molecule has 2 heterocycles. The topological polar surface area (TPSA) is 38.2 Å². The Labute approximate surface area is 156 Å². The average Bonchev–Trinajstić information content (AvgIpc) is 3.06. The van der Waals surface area contributed by atoms with Crippen LogP contribution in [0.5, 0.6) is 10.9 Å². The molecule has 0 atom stereocenters. The average molecular weight is 359 g/mol. The summed E-state index contributed by atoms with van der Waals surface area (Å²) in [6, 6.07) is 22.0. The molecule has 2 aromatic heterocycles. The summed E-state index contributed by atoms with van der Waals surface area (Å²) in [5.41, 5.74) is 3.03. The van der Waals surface area contributed by atoms with Crippen LogP contribution in [0, 0.1) is 7.05 Å². The molecule has 0 aliphatic heterocycles. The predicted octanol–water partition coefficient (Wildman–Crippen LogP) is 5.15. The number of hydrogen-bond acceptors (Lipinski definition) is 5. The number of nitrogens with zero attached hydrogens (tertiary/aromatic N) is 3. The summed E-state index contributed by atoms with van der Waals surface area (Å²) in [6.07, 6.45) is 1.73. The van der Waals surface area contributed by atoms with Crippen molar-refractivity contribution in [3.63, 3.8) is 0 Å². The second-order valence-corrected chi connectivity index (χ2v) is 6.93. The molecule has 0 aliphatic carbocycles. The monoisotopic (exact) mass is 359 g/mol. The lowest BCUT2D eigenvalue weighted by molar-refractivity contribution is 0.356. The highest BCUT2D eigenvalue weighted by Gasteiger charge is 2.07. The van der Waals surface area contributed by atoms with E-state index in [0.29, 0.717) is 23.9 Å². The lowest BCUT2D eigenvalue weighted by atomic mass is 10.2. The third kappa shape index (κ3) is 4.07. The van der Waals surface area contributed by atoms with Gasteiger partial charge in [0.15, 0.2) is 5.65 Å². The van der Waals surface area contributed by atoms with Gasteiger partial charge in [-0.05, 0) is 35.4 Å². The van der Waals surface area contributed by atoms with E-state index < -0.39 is 0 Å². The van der Waals surface area contributed by atoms with E-state index in [-0.39, 0.29) is 0 Å². The molecule has 0 amide bonds. The van der Waals surface area contributed by atoms with E-state index in [1.54, 1.807) is 11.1 Å². The number of ether oxygens (including phenoxy) is 1. The van der Waals surface area contributed by atoms with Crippen LogP contribution >= 0.6 is 11.3 Å². The second kappa shape index (κ2) is 7.64. The Morgan fingerprint density at radius 1 is 0.885 bits per heavy atom. The van der Waals surface area contributed by atoms with Crippen molar-refractivity contribution in [2.24, 2.45) is 0 Å². The van der Waals surface area contributed by atoms with Crippen LogP contribution in [0.2, 0.25) is 0 Å². The minimum atomic E-state index is 0.593. The standard InChI is InChI=1S/C21H17N3OS/c1-24(14-16-6-3-2-4-7-16)15-17-9-11-18(12-10-17)25-21-23-20-19(26-21)8-5-13-22-20/h1-13H,14-15H2. The number of fused-ring (bicyclic) bond motifs is 1. The maximum Gasteiger partial charge on any atom is 0.281 e. The highest BCUT2D eigenvalue weighted by molar-refractivity contribution is 7.20. The van der Waals surface area contributed by atoms with Crippen LogP contribution in [0.3, 0.4) is 0 Å². The van der Waals surface area contributed by atoms with Gasteiger partial charge in [0, 0.05) is 26.3 Å². The van der Waals surface area contributed by atoms with Crippen molar-refractivity contribution in [2.75, 3.05) is 0 Å². The first-order valence-electron chi connectivity index (χ1n) is 8.28. The van der Waals surface area contributed by atoms with Gasteiger partial charge in [0.1, 0.15) is 5.75 Å². The SMILES string of the molecule is [CH]N(Cc1ccccc1)Cc1ccc(Oc2nc3ncccc3s2)cc1. The molecule has 0 saturated heterocycles. The molecule has 2 radical (unpaired) electrons. The molecule has 0 fully saturated rings. The van der Waals surface area contributed by atoms with E-state index >= 15 is 0 Å². The number of hydrogen-bond donors (Lipinski definition) is 0. The molecule has 0 aliphatic rings. The summed E-state index contributed by atoms with van der Waals surface area (Å²) < 4.78 is 6.85. The Kier molecular flexibility index (Phi) is 4.91. The van der Waals surface area contributed by atoms with Crippen molar-refractivity contribution in [3.8, 4) is 10.9 Å². The third-order valence-corrected chi connectivity index (χ3v) is 4.78. The smallest absolute Gasteiger partial charge is 0.281 e. The van der Waals surface area contributed by atoms with Crippen LogP contribution in [-0.2, 0) is 13.1 Å². The highest BCUT2D eigenvalue weighted by atomic mass is 32.1. The predicted molar refractivity (Wildman–Crippen MR) is 104 cm³/mol. The van der Waals surface area contributed by atoms with Gasteiger partial charge in [0.05, 0.1) is 4.70 Å². The van der Waals surface area contributed by atoms with Crippen LogP contribution in [-0.4, -0.2) is 14.9 Å². The quantitative estimate of drug-likeness (QED) is 0.446. The summed E-state index contributed by atoms with van der Waals surface area (Å²) in [4.78, 5) is 10.4. The minimum Gasteiger partial charge on any atom is -0.431 e. The van der Waals surface area contributed by atoms with Gasteiger partial charge in [-0.15, -0.1) is 0 Å². The van der Waals surface area contributed by atoms with E-state index in [0.717, 1.165) is 16.0 Å². The molecular formula is C21H17N3OS. The molecule has 0 unspecified atom stereocenters. The first-order chi connectivity index (χ1) is 12.8. The van der Waals surface area contributed by atoms with Gasteiger partial charge in [0.25, 0.3) is 5.19 Å². The van der Waals surface area contributed by atoms with Crippen LogP contribution < -0.4 is 4.74 Å². The van der Waals surface area contributed by atoms with Crippen molar-refractivity contribution in [1.29, 1.82) is 0 Å². The van der Waals surface area contributed by atoms with Gasteiger partial charge in [-0.2, -0.15) is 4.98 Å². The molecule has 4 nitrogen and oxygen atoms in total. The molecule has 0 saturated carbocycles. The minimum absolute atomic E-state index is 0.593. The lowest BCUT2D eigenvalue weighted by Crippen LogP contribution is -2.14. The second-order valence-electron chi connectivity index (χ2n) is 5.94. The van der Waals surface area contributed by atoms with Gasteiger partial charge < -0.3 is 4.74 Å². The number of benzene rings is 2. The van der Waals surface area contributed by atoms with E-state index in [1.165, 1.54) is 16.9 Å². The van der Waals surface area contributed by atoms with Crippen molar-refractivity contribution in [2.45, 2.75) is 13.1 Å². The third-order valence-electron chi connectivity index (χ3n) is 3.89. The van der Waals surface area contributed by atoms with Crippen molar-refractivity contribution >= 4 is 21.7 Å². The van der Waals surface area contributed by atoms with Crippen molar-refractivity contribution < 1.29 is 4.74 Å². The molecule has 26 heavy (non-hydrogen) atoms. The van der Waals surface area contributed by atoms with Gasteiger partial charge >= 0.3 is 0 Å². The molecule has 0 spiro atoms. The van der Waals surface area contributed by atoms with Gasteiger partial charge in [-0.1, -0.05) is 53.8 Å². The normalized spacial score (nSPS) is 11.2. The van der Waals surface area contributed by atoms with Crippen LogP contribution in [0.4, 0.5) is 0 Å². The number of rotatable bonds is 6. The van der Waals surface area contributed by atoms with E-state index in [9.17, 15) is 0 Å². The Hall–Kier alpha value is -2.76. The molecule has 128 valence electrons. The van der Waals surface area contributed by atoms with Crippen molar-refractivity contribution in [3.05, 3.63) is 91.1 Å². The lowest BCUT2D eigenvalue weighted by Gasteiger charge is -2.16. The molecule has 2 aromatic carbocycles. The molecule has 0 bridgehead atoms. The Morgan fingerprint density at radius 3 is 2.35 bits per heavy atom. The van der Waals surface area contributed by atoms with Crippen LogP contribution in [0.15, 0.2) is 72.9 Å². The fourth-order valence-corrected chi connectivity index (χ4v) is 3.46. The van der Waals surface area contributed by atoms with Crippen LogP contribution in [0.25, 0.3) is 10.3 Å². The molecule has 4 rings (SSSR count). The maximum absolute atomic E-state index is 6.13. The summed E-state index contributed by atoms with van der Waals surface area (Å²) >= 11 is 1.48. The van der Waals surface area contributed by atoms with Crippen molar-refractivity contribution in [1.82, 2.24) is 14.9 Å². The molecule has 5 heteroatoms. The largest absolute Gasteiger partial charge is 0.431 e. The summed E-state index contributed by atoms with van der Waals surface area (Å²) in [7, 11) is 6.13. The molecule has 4 aromatic rings. The summed E-state index contributed by atoms with van der Waals surface area (Å²) in [5.74, 6) is 0.749. The number of aromatic nitrogens is 2. The summed E-state index contributed by atoms with van der Waals surface area (Å²) in [5, 5.41) is 0.593. The fraction of sp³-hybridized carbons (Fsp3) is 0.0952. The highest BCUT2D eigenvalue weighted by Crippen LogP contribution is 2.30. The Balaban J connectivity index is 1.38. The van der Waals surface area contributed by atoms with Gasteiger partial charge in [0.2, 0.25) is 0 Å². The first kappa shape index (κ1) is 16.7. The van der Waals surface area contributed by atoms with Gasteiger partial charge in [-0.3, -0.25) is 4.90 Å². The van der Waals surface area contributed by atoms with Gasteiger partial charge in [-0.25, -0.2) is 4.98 Å². The first-order valence-corrected chi connectivity index (χ1v) is 9.10. The number of pyridine rings is 1. The zero-order chi connectivity index (χ0) is 17.8. The van der Waals surface area contributed by atoms with E-state index in [4.69, 9.17) is 11.8 Å². The molecule has 0 N–H and O–H groups in total. The Bertz CT molecular complexity index is 950. The Morgan fingerprint density at radius 2 is 1.62 bits per heavy atom. The van der Waals surface area contributed by atoms with Crippen LogP contribution in [0.1, 0.15) is 11.1 Å². The summed E-state index contributed by atoms with van der Waals surface area (Å²) in [6.45, 7) is 1.37. The zero-order valence-electron chi connectivity index (χ0n) is 14.1. The fourth-order valence-electron chi connectivity index (χ4n) is 2.66.